The Balaban J connectivity index is 3.70. The zero-order chi connectivity index (χ0) is 10.5. The summed E-state index contributed by atoms with van der Waals surface area (Å²) in [6, 6.07) is -0.130. The Kier molecular flexibility index (Phi) is 4.77. The zero-order valence-corrected chi connectivity index (χ0v) is 8.89. The molecule has 0 fully saturated rings. The molecule has 0 radical (unpaired) electrons. The normalized spacial score (nSPS) is 13.6. The second-order valence-electron chi connectivity index (χ2n) is 4.10. The van der Waals surface area contributed by atoms with Crippen LogP contribution in [0.25, 0.3) is 0 Å². The zero-order valence-electron chi connectivity index (χ0n) is 8.89. The van der Waals surface area contributed by atoms with E-state index in [2.05, 4.69) is 5.32 Å². The third kappa shape index (κ3) is 5.47. The van der Waals surface area contributed by atoms with E-state index in [1.807, 2.05) is 27.7 Å². The molecule has 3 N–H and O–H groups in total. The number of hydrogen-bond acceptors (Lipinski definition) is 3. The van der Waals surface area contributed by atoms with E-state index in [0.717, 1.165) is 0 Å². The summed E-state index contributed by atoms with van der Waals surface area (Å²) < 4.78 is 4.90. The molecule has 4 nitrogen and oxygen atoms in total. The van der Waals surface area contributed by atoms with Gasteiger partial charge < -0.3 is 15.8 Å². The molecule has 0 aliphatic carbocycles. The Morgan fingerprint density at radius 1 is 1.54 bits per heavy atom. The standard InChI is InChI=1S/C9H20N2O2/c1-5-11-8(12)13-6-7(10)9(2,3)4/h7H,5-6,10H2,1-4H3,(H,11,12)/t7-/m1/s1. The number of rotatable bonds is 3. The van der Waals surface area contributed by atoms with E-state index in [0.29, 0.717) is 6.54 Å². The summed E-state index contributed by atoms with van der Waals surface area (Å²) >= 11 is 0. The fourth-order valence-electron chi connectivity index (χ4n) is 0.611. The number of amides is 1. The third-order valence-electron chi connectivity index (χ3n) is 1.83. The van der Waals surface area contributed by atoms with Gasteiger partial charge in [-0.2, -0.15) is 0 Å². The van der Waals surface area contributed by atoms with Crippen LogP contribution in [0.2, 0.25) is 0 Å². The number of alkyl carbamates (subject to hydrolysis) is 1. The second-order valence-corrected chi connectivity index (χ2v) is 4.10. The van der Waals surface area contributed by atoms with E-state index < -0.39 is 6.09 Å². The average Bonchev–Trinajstić information content (AvgIpc) is 1.99. The Labute approximate surface area is 79.8 Å². The summed E-state index contributed by atoms with van der Waals surface area (Å²) in [7, 11) is 0. The highest BCUT2D eigenvalue weighted by Gasteiger charge is 2.21. The van der Waals surface area contributed by atoms with Crippen molar-refractivity contribution in [3.63, 3.8) is 0 Å². The van der Waals surface area contributed by atoms with Crippen molar-refractivity contribution >= 4 is 6.09 Å². The maximum absolute atomic E-state index is 10.9. The van der Waals surface area contributed by atoms with Crippen LogP contribution in [0.4, 0.5) is 4.79 Å². The highest BCUT2D eigenvalue weighted by Crippen LogP contribution is 2.17. The summed E-state index contributed by atoms with van der Waals surface area (Å²) in [5.74, 6) is 0. The molecule has 0 unspecified atom stereocenters. The molecule has 1 amide bonds. The van der Waals surface area contributed by atoms with Gasteiger partial charge in [0, 0.05) is 12.6 Å². The van der Waals surface area contributed by atoms with Crippen molar-refractivity contribution in [2.24, 2.45) is 11.1 Å². The van der Waals surface area contributed by atoms with E-state index in [9.17, 15) is 4.79 Å². The lowest BCUT2D eigenvalue weighted by Gasteiger charge is -2.26. The van der Waals surface area contributed by atoms with Gasteiger partial charge >= 0.3 is 6.09 Å². The lowest BCUT2D eigenvalue weighted by molar-refractivity contribution is 0.119. The van der Waals surface area contributed by atoms with Crippen molar-refractivity contribution in [2.75, 3.05) is 13.2 Å². The summed E-state index contributed by atoms with van der Waals surface area (Å²) in [4.78, 5) is 10.9. The SMILES string of the molecule is CCNC(=O)OC[C@@H](N)C(C)(C)C. The van der Waals surface area contributed by atoms with Crippen LogP contribution in [0, 0.1) is 5.41 Å². The number of nitrogens with two attached hydrogens (primary N) is 1. The van der Waals surface area contributed by atoms with Gasteiger partial charge in [-0.25, -0.2) is 4.79 Å². The van der Waals surface area contributed by atoms with Crippen molar-refractivity contribution in [1.82, 2.24) is 5.32 Å². The van der Waals surface area contributed by atoms with Crippen molar-refractivity contribution in [2.45, 2.75) is 33.7 Å². The Morgan fingerprint density at radius 2 is 2.08 bits per heavy atom. The molecule has 0 saturated carbocycles. The first-order chi connectivity index (χ1) is 5.88. The molecule has 0 aromatic heterocycles. The number of nitrogens with one attached hydrogen (secondary N) is 1. The predicted octanol–water partition coefficient (Wildman–Crippen LogP) is 1.11. The molecule has 1 atom stereocenters. The summed E-state index contributed by atoms with van der Waals surface area (Å²) in [6.45, 7) is 8.71. The van der Waals surface area contributed by atoms with Crippen molar-refractivity contribution in [3.8, 4) is 0 Å². The highest BCUT2D eigenvalue weighted by atomic mass is 16.5. The van der Waals surface area contributed by atoms with Gasteiger partial charge in [0.15, 0.2) is 0 Å². The number of carbonyl (C=O) groups is 1. The lowest BCUT2D eigenvalue weighted by atomic mass is 9.88. The molecule has 0 aliphatic rings. The Hall–Kier alpha value is -0.770. The topological polar surface area (TPSA) is 64.3 Å². The Bertz CT molecular complexity index is 163. The van der Waals surface area contributed by atoms with Gasteiger partial charge in [-0.15, -0.1) is 0 Å². The first kappa shape index (κ1) is 12.2. The van der Waals surface area contributed by atoms with E-state index >= 15 is 0 Å². The van der Waals surface area contributed by atoms with Gasteiger partial charge in [0.1, 0.15) is 6.61 Å². The smallest absolute Gasteiger partial charge is 0.407 e. The van der Waals surface area contributed by atoms with Crippen LogP contribution < -0.4 is 11.1 Å². The molecule has 78 valence electrons. The quantitative estimate of drug-likeness (QED) is 0.697. The van der Waals surface area contributed by atoms with Gasteiger partial charge in [-0.1, -0.05) is 20.8 Å². The Morgan fingerprint density at radius 3 is 2.46 bits per heavy atom. The van der Waals surface area contributed by atoms with Crippen molar-refractivity contribution < 1.29 is 9.53 Å². The molecule has 0 aromatic carbocycles. The number of ether oxygens (including phenoxy) is 1. The first-order valence-electron chi connectivity index (χ1n) is 4.54. The van der Waals surface area contributed by atoms with Crippen LogP contribution in [0.1, 0.15) is 27.7 Å². The number of hydrogen-bond donors (Lipinski definition) is 2. The fraction of sp³-hybridized carbons (Fsp3) is 0.889. The van der Waals surface area contributed by atoms with Crippen LogP contribution in [-0.2, 0) is 4.74 Å². The van der Waals surface area contributed by atoms with E-state index in [1.54, 1.807) is 0 Å². The molecule has 0 rings (SSSR count). The molecule has 0 aliphatic heterocycles. The van der Waals surface area contributed by atoms with E-state index in [1.165, 1.54) is 0 Å². The van der Waals surface area contributed by atoms with E-state index in [-0.39, 0.29) is 18.1 Å². The molecule has 0 bridgehead atoms. The van der Waals surface area contributed by atoms with Crippen LogP contribution >= 0.6 is 0 Å². The van der Waals surface area contributed by atoms with Gasteiger partial charge in [0.2, 0.25) is 0 Å². The summed E-state index contributed by atoms with van der Waals surface area (Å²) in [5.41, 5.74) is 5.75. The second kappa shape index (κ2) is 5.07. The average molecular weight is 188 g/mol. The van der Waals surface area contributed by atoms with Crippen LogP contribution in [0.5, 0.6) is 0 Å². The molecule has 4 heteroatoms. The van der Waals surface area contributed by atoms with Gasteiger partial charge in [-0.3, -0.25) is 0 Å². The van der Waals surface area contributed by atoms with Crippen LogP contribution in [0.15, 0.2) is 0 Å². The van der Waals surface area contributed by atoms with Crippen molar-refractivity contribution in [1.29, 1.82) is 0 Å². The molecule has 13 heavy (non-hydrogen) atoms. The molecule has 0 spiro atoms. The van der Waals surface area contributed by atoms with Gasteiger partial charge in [0.25, 0.3) is 0 Å². The van der Waals surface area contributed by atoms with Crippen molar-refractivity contribution in [3.05, 3.63) is 0 Å². The lowest BCUT2D eigenvalue weighted by Crippen LogP contribution is -2.41. The summed E-state index contributed by atoms with van der Waals surface area (Å²) in [6.07, 6.45) is -0.401. The molecular formula is C9H20N2O2. The van der Waals surface area contributed by atoms with Gasteiger partial charge in [0.05, 0.1) is 0 Å². The largest absolute Gasteiger partial charge is 0.448 e. The summed E-state index contributed by atoms with van der Waals surface area (Å²) in [5, 5.41) is 2.54. The minimum absolute atomic E-state index is 0.0352. The fourth-order valence-corrected chi connectivity index (χ4v) is 0.611. The maximum atomic E-state index is 10.9. The number of carbonyl (C=O) groups excluding carboxylic acids is 1. The first-order valence-corrected chi connectivity index (χ1v) is 4.54. The third-order valence-corrected chi connectivity index (χ3v) is 1.83. The molecule has 0 aromatic rings. The van der Waals surface area contributed by atoms with E-state index in [4.69, 9.17) is 10.5 Å². The predicted molar refractivity (Wildman–Crippen MR) is 52.5 cm³/mol. The van der Waals surface area contributed by atoms with Gasteiger partial charge in [-0.05, 0) is 12.3 Å². The highest BCUT2D eigenvalue weighted by molar-refractivity contribution is 5.66. The van der Waals surface area contributed by atoms with Crippen LogP contribution in [-0.4, -0.2) is 25.3 Å². The molecule has 0 heterocycles. The van der Waals surface area contributed by atoms with Crippen LogP contribution in [0.3, 0.4) is 0 Å². The minimum atomic E-state index is -0.401. The monoisotopic (exact) mass is 188 g/mol. The minimum Gasteiger partial charge on any atom is -0.448 e. The maximum Gasteiger partial charge on any atom is 0.407 e. The molecule has 0 saturated heterocycles. The molecular weight excluding hydrogens is 168 g/mol.